The van der Waals surface area contributed by atoms with Crippen LogP contribution in [0.2, 0.25) is 0 Å². The van der Waals surface area contributed by atoms with Gasteiger partial charge in [-0.2, -0.15) is 0 Å². The van der Waals surface area contributed by atoms with Crippen LogP contribution < -0.4 is 0 Å². The van der Waals surface area contributed by atoms with Crippen LogP contribution in [0, 0.1) is 6.92 Å². The van der Waals surface area contributed by atoms with E-state index in [0.29, 0.717) is 5.41 Å². The molecule has 0 aliphatic carbocycles. The zero-order valence-corrected chi connectivity index (χ0v) is 15.3. The fourth-order valence-electron chi connectivity index (χ4n) is 1.47. The predicted molar refractivity (Wildman–Crippen MR) is 99.0 cm³/mol. The van der Waals surface area contributed by atoms with Crippen molar-refractivity contribution in [3.63, 3.8) is 0 Å². The highest BCUT2D eigenvalue weighted by atomic mass is 14.2. The molecule has 0 heteroatoms. The Morgan fingerprint density at radius 1 is 0.571 bits per heavy atom. The van der Waals surface area contributed by atoms with Crippen LogP contribution in [-0.4, -0.2) is 0 Å². The molecule has 0 N–H and O–H groups in total. The Labute approximate surface area is 133 Å². The van der Waals surface area contributed by atoms with Gasteiger partial charge in [-0.15, -0.1) is 0 Å². The standard InChI is InChI=1S/C10H14.C7H8.2C2H6/c1-10(2,3)9-7-5-4-6-8-9;1-7-5-3-2-4-6-7;2*1-2/h4-8H,1-3H3;2-6H,1H3;2*1-2H3. The normalized spacial score (nSPS) is 8.95. The lowest BCUT2D eigenvalue weighted by molar-refractivity contribution is 0.590. The Kier molecular flexibility index (Phi) is 13.9. The molecule has 0 heterocycles. The van der Waals surface area contributed by atoms with Crippen LogP contribution in [0.1, 0.15) is 59.6 Å². The van der Waals surface area contributed by atoms with Crippen molar-refractivity contribution in [3.05, 3.63) is 71.8 Å². The molecule has 0 amide bonds. The molecule has 2 rings (SSSR count). The SMILES string of the molecule is CC.CC.CC(C)(C)c1ccccc1.Cc1ccccc1. The largest absolute Gasteiger partial charge is 0.0683 e. The van der Waals surface area contributed by atoms with E-state index in [1.165, 1.54) is 11.1 Å². The molecule has 0 bridgehead atoms. The van der Waals surface area contributed by atoms with Gasteiger partial charge in [0, 0.05) is 0 Å². The number of benzene rings is 2. The number of rotatable bonds is 0. The van der Waals surface area contributed by atoms with Crippen molar-refractivity contribution in [3.8, 4) is 0 Å². The minimum Gasteiger partial charge on any atom is -0.0683 e. The van der Waals surface area contributed by atoms with Crippen LogP contribution in [0.4, 0.5) is 0 Å². The van der Waals surface area contributed by atoms with Crippen molar-refractivity contribution in [2.24, 2.45) is 0 Å². The van der Waals surface area contributed by atoms with Gasteiger partial charge in [-0.3, -0.25) is 0 Å². The summed E-state index contributed by atoms with van der Waals surface area (Å²) in [5, 5.41) is 0. The van der Waals surface area contributed by atoms with Gasteiger partial charge in [-0.25, -0.2) is 0 Å². The molecule has 0 spiro atoms. The number of hydrogen-bond acceptors (Lipinski definition) is 0. The Hall–Kier alpha value is -1.56. The molecule has 21 heavy (non-hydrogen) atoms. The first-order chi connectivity index (χ1) is 10.00. The second-order valence-electron chi connectivity index (χ2n) is 5.27. The third-order valence-electron chi connectivity index (χ3n) is 2.58. The molecular formula is C21H34. The molecular weight excluding hydrogens is 252 g/mol. The molecule has 0 saturated heterocycles. The molecule has 118 valence electrons. The molecule has 0 nitrogen and oxygen atoms in total. The van der Waals surface area contributed by atoms with Gasteiger partial charge in [0.15, 0.2) is 0 Å². The maximum atomic E-state index is 2.22. The summed E-state index contributed by atoms with van der Waals surface area (Å²) in [6.07, 6.45) is 0. The second-order valence-corrected chi connectivity index (χ2v) is 5.27. The zero-order valence-electron chi connectivity index (χ0n) is 15.3. The predicted octanol–water partition coefficient (Wildman–Crippen LogP) is 7.03. The van der Waals surface area contributed by atoms with Gasteiger partial charge >= 0.3 is 0 Å². The van der Waals surface area contributed by atoms with Crippen LogP contribution in [0.25, 0.3) is 0 Å². The molecule has 0 saturated carbocycles. The Bertz CT molecular complexity index is 407. The van der Waals surface area contributed by atoms with E-state index in [0.717, 1.165) is 0 Å². The second kappa shape index (κ2) is 13.4. The van der Waals surface area contributed by atoms with Gasteiger partial charge in [-0.1, -0.05) is 115 Å². The fourth-order valence-corrected chi connectivity index (χ4v) is 1.47. The summed E-state index contributed by atoms with van der Waals surface area (Å²) in [6, 6.07) is 20.8. The summed E-state index contributed by atoms with van der Waals surface area (Å²) in [6.45, 7) is 16.8. The molecule has 0 aromatic heterocycles. The Balaban J connectivity index is 0. The molecule has 2 aromatic rings. The topological polar surface area (TPSA) is 0 Å². The minimum absolute atomic E-state index is 0.293. The lowest BCUT2D eigenvalue weighted by Crippen LogP contribution is -2.10. The van der Waals surface area contributed by atoms with Gasteiger partial charge in [-0.05, 0) is 17.9 Å². The minimum atomic E-state index is 0.293. The summed E-state index contributed by atoms with van der Waals surface area (Å²) in [5.74, 6) is 0. The average Bonchev–Trinajstić information content (AvgIpc) is 2.53. The number of aryl methyl sites for hydroxylation is 1. The van der Waals surface area contributed by atoms with E-state index < -0.39 is 0 Å². The van der Waals surface area contributed by atoms with E-state index in [2.05, 4.69) is 70.2 Å². The van der Waals surface area contributed by atoms with Crippen LogP contribution in [0.15, 0.2) is 60.7 Å². The van der Waals surface area contributed by atoms with Gasteiger partial charge in [0.25, 0.3) is 0 Å². The highest BCUT2D eigenvalue weighted by Gasteiger charge is 2.11. The molecule has 0 atom stereocenters. The molecule has 0 aliphatic heterocycles. The van der Waals surface area contributed by atoms with E-state index in [9.17, 15) is 0 Å². The number of hydrogen-bond donors (Lipinski definition) is 0. The van der Waals surface area contributed by atoms with Gasteiger partial charge in [0.05, 0.1) is 0 Å². The van der Waals surface area contributed by atoms with Gasteiger partial charge < -0.3 is 0 Å². The smallest absolute Gasteiger partial charge is 0.0132 e. The summed E-state index contributed by atoms with van der Waals surface area (Å²) in [4.78, 5) is 0. The van der Waals surface area contributed by atoms with E-state index in [1.54, 1.807) is 0 Å². The lowest BCUT2D eigenvalue weighted by atomic mass is 9.87. The maximum Gasteiger partial charge on any atom is -0.0132 e. The van der Waals surface area contributed by atoms with Crippen LogP contribution in [-0.2, 0) is 5.41 Å². The van der Waals surface area contributed by atoms with Crippen molar-refractivity contribution in [1.82, 2.24) is 0 Å². The van der Waals surface area contributed by atoms with Crippen molar-refractivity contribution in [2.75, 3.05) is 0 Å². The van der Waals surface area contributed by atoms with Crippen LogP contribution >= 0.6 is 0 Å². The third-order valence-corrected chi connectivity index (χ3v) is 2.58. The van der Waals surface area contributed by atoms with Crippen molar-refractivity contribution in [1.29, 1.82) is 0 Å². The van der Waals surface area contributed by atoms with Gasteiger partial charge in [0.2, 0.25) is 0 Å². The average molecular weight is 287 g/mol. The van der Waals surface area contributed by atoms with Crippen LogP contribution in [0.3, 0.4) is 0 Å². The Morgan fingerprint density at radius 3 is 1.10 bits per heavy atom. The van der Waals surface area contributed by atoms with Crippen molar-refractivity contribution < 1.29 is 0 Å². The van der Waals surface area contributed by atoms with Crippen LogP contribution in [0.5, 0.6) is 0 Å². The van der Waals surface area contributed by atoms with E-state index in [-0.39, 0.29) is 0 Å². The van der Waals surface area contributed by atoms with E-state index in [1.807, 2.05) is 45.9 Å². The lowest BCUT2D eigenvalue weighted by Gasteiger charge is -2.18. The summed E-state index contributed by atoms with van der Waals surface area (Å²) in [5.41, 5.74) is 3.01. The highest BCUT2D eigenvalue weighted by molar-refractivity contribution is 5.22. The molecule has 0 aliphatic rings. The first-order valence-corrected chi connectivity index (χ1v) is 8.07. The quantitative estimate of drug-likeness (QED) is 0.487. The summed E-state index contributed by atoms with van der Waals surface area (Å²) in [7, 11) is 0. The monoisotopic (exact) mass is 286 g/mol. The highest BCUT2D eigenvalue weighted by Crippen LogP contribution is 2.20. The Morgan fingerprint density at radius 2 is 0.905 bits per heavy atom. The molecule has 0 fully saturated rings. The van der Waals surface area contributed by atoms with Crippen molar-refractivity contribution >= 4 is 0 Å². The first kappa shape index (κ1) is 21.7. The maximum absolute atomic E-state index is 2.22. The summed E-state index contributed by atoms with van der Waals surface area (Å²) >= 11 is 0. The first-order valence-electron chi connectivity index (χ1n) is 8.07. The fraction of sp³-hybridized carbons (Fsp3) is 0.429. The summed E-state index contributed by atoms with van der Waals surface area (Å²) < 4.78 is 0. The molecule has 0 unspecified atom stereocenters. The van der Waals surface area contributed by atoms with E-state index in [4.69, 9.17) is 0 Å². The van der Waals surface area contributed by atoms with Crippen molar-refractivity contribution in [2.45, 2.75) is 60.8 Å². The zero-order chi connectivity index (χ0) is 16.7. The molecule has 0 radical (unpaired) electrons. The van der Waals surface area contributed by atoms with Gasteiger partial charge in [0.1, 0.15) is 0 Å². The molecule has 2 aromatic carbocycles. The van der Waals surface area contributed by atoms with E-state index >= 15 is 0 Å². The third kappa shape index (κ3) is 11.9.